The molecule has 1 amide bonds. The monoisotopic (exact) mass is 542 g/mol. The number of hydrogen-bond donors (Lipinski definition) is 5. The predicted molar refractivity (Wildman–Crippen MR) is 158 cm³/mol. The number of ether oxygens (including phenoxy) is 1. The van der Waals surface area contributed by atoms with Crippen molar-refractivity contribution in [3.05, 3.63) is 101 Å². The third kappa shape index (κ3) is 8.21. The minimum Gasteiger partial charge on any atom is -0.508 e. The van der Waals surface area contributed by atoms with E-state index in [9.17, 15) is 20.1 Å². The van der Waals surface area contributed by atoms with Gasteiger partial charge in [-0.3, -0.25) is 4.79 Å². The number of nitrogens with one attached hydrogen (secondary N) is 2. The molecule has 40 heavy (non-hydrogen) atoms. The van der Waals surface area contributed by atoms with E-state index in [4.69, 9.17) is 4.74 Å². The number of carbonyl (C=O) groups excluding carboxylic acids is 1. The molecule has 4 rings (SSSR count). The first-order valence-corrected chi connectivity index (χ1v) is 13.5. The molecule has 1 unspecified atom stereocenters. The first-order chi connectivity index (χ1) is 19.1. The number of carbonyl (C=O) groups is 1. The number of benzene rings is 4. The van der Waals surface area contributed by atoms with Gasteiger partial charge in [0, 0.05) is 24.7 Å². The van der Waals surface area contributed by atoms with Gasteiger partial charge in [-0.2, -0.15) is 0 Å². The van der Waals surface area contributed by atoms with Crippen LogP contribution in [0.5, 0.6) is 17.2 Å². The molecule has 0 radical (unpaired) electrons. The lowest BCUT2D eigenvalue weighted by atomic mass is 9.93. The molecule has 1 atom stereocenters. The van der Waals surface area contributed by atoms with Crippen LogP contribution in [-0.2, 0) is 24.1 Å². The van der Waals surface area contributed by atoms with Crippen molar-refractivity contribution in [1.82, 2.24) is 10.6 Å². The molecule has 0 fully saturated rings. The molecule has 0 saturated heterocycles. The fourth-order valence-corrected chi connectivity index (χ4v) is 4.87. The van der Waals surface area contributed by atoms with Crippen LogP contribution in [0.4, 0.5) is 0 Å². The largest absolute Gasteiger partial charge is 0.508 e. The number of phenols is 2. The summed E-state index contributed by atoms with van der Waals surface area (Å²) in [4.78, 5) is 12.6. The number of β-amino-alcohol motifs (C(OH)–C–C–N with tert-alkyl or cyclic N) is 1. The van der Waals surface area contributed by atoms with Crippen molar-refractivity contribution in [3.63, 3.8) is 0 Å². The molecule has 4 aromatic rings. The van der Waals surface area contributed by atoms with Gasteiger partial charge in [-0.25, -0.2) is 0 Å². The number of aromatic hydroxyl groups is 2. The Kier molecular flexibility index (Phi) is 9.30. The van der Waals surface area contributed by atoms with Gasteiger partial charge >= 0.3 is 0 Å². The van der Waals surface area contributed by atoms with Gasteiger partial charge in [-0.15, -0.1) is 0 Å². The van der Waals surface area contributed by atoms with Crippen molar-refractivity contribution in [2.75, 3.05) is 20.2 Å². The summed E-state index contributed by atoms with van der Waals surface area (Å²) in [6.07, 6.45) is 0.861. The Bertz CT molecular complexity index is 1450. The van der Waals surface area contributed by atoms with E-state index in [2.05, 4.69) is 28.8 Å². The van der Waals surface area contributed by atoms with E-state index >= 15 is 0 Å². The van der Waals surface area contributed by atoms with Gasteiger partial charge in [0.2, 0.25) is 5.91 Å². The molecule has 5 N–H and O–H groups in total. The molecule has 0 saturated carbocycles. The van der Waals surface area contributed by atoms with Crippen molar-refractivity contribution in [3.8, 4) is 17.2 Å². The minimum atomic E-state index is -0.884. The van der Waals surface area contributed by atoms with Crippen molar-refractivity contribution < 1.29 is 24.9 Å². The molecule has 7 nitrogen and oxygen atoms in total. The Morgan fingerprint density at radius 1 is 0.875 bits per heavy atom. The fraction of sp³-hybridized carbons (Fsp3) is 0.303. The maximum absolute atomic E-state index is 12.6. The maximum atomic E-state index is 12.6. The van der Waals surface area contributed by atoms with E-state index in [0.717, 1.165) is 34.1 Å². The van der Waals surface area contributed by atoms with Crippen LogP contribution in [0.2, 0.25) is 0 Å². The molecular formula is C33H38N2O5. The molecule has 0 bridgehead atoms. The van der Waals surface area contributed by atoms with Crippen molar-refractivity contribution in [2.24, 2.45) is 0 Å². The Hall–Kier alpha value is -4.07. The summed E-state index contributed by atoms with van der Waals surface area (Å²) >= 11 is 0. The van der Waals surface area contributed by atoms with E-state index in [1.807, 2.05) is 56.3 Å². The zero-order valence-electron chi connectivity index (χ0n) is 23.3. The highest BCUT2D eigenvalue weighted by molar-refractivity contribution is 5.84. The fourth-order valence-electron chi connectivity index (χ4n) is 4.87. The molecule has 210 valence electrons. The van der Waals surface area contributed by atoms with Gasteiger partial charge in [0.05, 0.1) is 19.6 Å². The van der Waals surface area contributed by atoms with Crippen LogP contribution in [0.15, 0.2) is 78.9 Å². The highest BCUT2D eigenvalue weighted by Gasteiger charge is 2.21. The van der Waals surface area contributed by atoms with Gasteiger partial charge in [0.25, 0.3) is 0 Å². The van der Waals surface area contributed by atoms with Crippen LogP contribution in [0.25, 0.3) is 10.8 Å². The Balaban J connectivity index is 1.25. The number of phenolic OH excluding ortho intramolecular Hbond substituents is 2. The van der Waals surface area contributed by atoms with E-state index in [1.165, 1.54) is 23.8 Å². The van der Waals surface area contributed by atoms with Gasteiger partial charge in [-0.1, -0.05) is 48.5 Å². The van der Waals surface area contributed by atoms with Crippen molar-refractivity contribution in [1.29, 1.82) is 0 Å². The standard InChI is InChI=1S/C33H38N2O5/c1-33(2,35-21-31(38)27-16-28(36)19-29(37)17-27)20-24-6-4-5-23(13-24)15-32(39)34-12-11-22-7-8-26-18-30(40-3)10-9-25(26)14-22/h4-10,13-14,16-19,31,35-38H,11-12,15,20-21H2,1-3H3,(H,34,39). The van der Waals surface area contributed by atoms with Crippen LogP contribution in [0, 0.1) is 0 Å². The molecule has 0 aliphatic heterocycles. The highest BCUT2D eigenvalue weighted by atomic mass is 16.5. The lowest BCUT2D eigenvalue weighted by Crippen LogP contribution is -2.43. The third-order valence-electron chi connectivity index (χ3n) is 6.93. The summed E-state index contributed by atoms with van der Waals surface area (Å²) < 4.78 is 5.29. The van der Waals surface area contributed by atoms with Crippen LogP contribution in [0.3, 0.4) is 0 Å². The second-order valence-electron chi connectivity index (χ2n) is 10.9. The quantitative estimate of drug-likeness (QED) is 0.176. The average molecular weight is 543 g/mol. The van der Waals surface area contributed by atoms with E-state index < -0.39 is 6.10 Å². The predicted octanol–water partition coefficient (Wildman–Crippen LogP) is 4.81. The average Bonchev–Trinajstić information content (AvgIpc) is 2.91. The number of methoxy groups -OCH3 is 1. The SMILES string of the molecule is COc1ccc2cc(CCNC(=O)Cc3cccc(CC(C)(C)NCC(O)c4cc(O)cc(O)c4)c3)ccc2c1. The van der Waals surface area contributed by atoms with Crippen LogP contribution in [-0.4, -0.2) is 47.0 Å². The molecule has 0 aliphatic rings. The summed E-state index contributed by atoms with van der Waals surface area (Å²) in [5.41, 5.74) is 3.29. The molecule has 0 aromatic heterocycles. The molecular weight excluding hydrogens is 504 g/mol. The summed E-state index contributed by atoms with van der Waals surface area (Å²) in [6, 6.07) is 24.4. The van der Waals surface area contributed by atoms with Crippen molar-refractivity contribution >= 4 is 16.7 Å². The number of amides is 1. The second-order valence-corrected chi connectivity index (χ2v) is 10.9. The summed E-state index contributed by atoms with van der Waals surface area (Å²) in [5.74, 6) is 0.632. The summed E-state index contributed by atoms with van der Waals surface area (Å²) in [7, 11) is 1.66. The number of hydrogen-bond acceptors (Lipinski definition) is 6. The van der Waals surface area contributed by atoms with Gasteiger partial charge < -0.3 is 30.7 Å². The van der Waals surface area contributed by atoms with E-state index in [0.29, 0.717) is 24.9 Å². The minimum absolute atomic E-state index is 0.0162. The summed E-state index contributed by atoms with van der Waals surface area (Å²) in [6.45, 7) is 4.91. The first-order valence-electron chi connectivity index (χ1n) is 13.5. The third-order valence-corrected chi connectivity index (χ3v) is 6.93. The zero-order chi connectivity index (χ0) is 28.7. The number of aliphatic hydroxyl groups excluding tert-OH is 1. The highest BCUT2D eigenvalue weighted by Crippen LogP contribution is 2.25. The van der Waals surface area contributed by atoms with Crippen LogP contribution in [0.1, 0.15) is 42.2 Å². The lowest BCUT2D eigenvalue weighted by Gasteiger charge is -2.28. The summed E-state index contributed by atoms with van der Waals surface area (Å²) in [5, 5.41) is 38.5. The normalized spacial score (nSPS) is 12.3. The van der Waals surface area contributed by atoms with Gasteiger partial charge in [0.1, 0.15) is 17.2 Å². The maximum Gasteiger partial charge on any atom is 0.224 e. The molecule has 7 heteroatoms. The number of fused-ring (bicyclic) bond motifs is 1. The zero-order valence-corrected chi connectivity index (χ0v) is 23.3. The molecule has 0 aliphatic carbocycles. The molecule has 0 spiro atoms. The van der Waals surface area contributed by atoms with Gasteiger partial charge in [0.15, 0.2) is 0 Å². The second kappa shape index (κ2) is 12.9. The van der Waals surface area contributed by atoms with Crippen LogP contribution < -0.4 is 15.4 Å². The Morgan fingerprint density at radius 3 is 2.33 bits per heavy atom. The molecule has 4 aromatic carbocycles. The van der Waals surface area contributed by atoms with E-state index in [-0.39, 0.29) is 29.5 Å². The van der Waals surface area contributed by atoms with Crippen LogP contribution >= 0.6 is 0 Å². The lowest BCUT2D eigenvalue weighted by molar-refractivity contribution is -0.120. The van der Waals surface area contributed by atoms with E-state index in [1.54, 1.807) is 7.11 Å². The molecule has 0 heterocycles. The number of rotatable bonds is 12. The Labute approximate surface area is 235 Å². The first kappa shape index (κ1) is 28.9. The smallest absolute Gasteiger partial charge is 0.224 e. The number of aliphatic hydroxyl groups is 1. The van der Waals surface area contributed by atoms with Gasteiger partial charge in [-0.05, 0) is 84.0 Å². The Morgan fingerprint density at radius 2 is 1.57 bits per heavy atom. The topological polar surface area (TPSA) is 111 Å². The van der Waals surface area contributed by atoms with Crippen molar-refractivity contribution in [2.45, 2.75) is 44.8 Å².